The van der Waals surface area contributed by atoms with Crippen LogP contribution in [0.1, 0.15) is 40.1 Å². The van der Waals surface area contributed by atoms with Crippen LogP contribution in [-0.2, 0) is 12.8 Å². The molecule has 0 fully saturated rings. The summed E-state index contributed by atoms with van der Waals surface area (Å²) in [6.45, 7) is 5.35. The molecule has 0 amide bonds. The first-order valence-corrected chi connectivity index (χ1v) is 9.55. The van der Waals surface area contributed by atoms with Crippen molar-refractivity contribution in [3.63, 3.8) is 0 Å². The predicted molar refractivity (Wildman–Crippen MR) is 102 cm³/mol. The molecule has 2 aromatic heterocycles. The largest absolute Gasteiger partial charge is 0.370 e. The monoisotopic (exact) mass is 337 g/mol. The number of nitrogens with zero attached hydrogens (tertiary/aromatic N) is 2. The van der Waals surface area contributed by atoms with Crippen molar-refractivity contribution in [2.24, 2.45) is 0 Å². The number of hydrogen-bond acceptors (Lipinski definition) is 3. The van der Waals surface area contributed by atoms with Gasteiger partial charge in [0.2, 0.25) is 0 Å². The van der Waals surface area contributed by atoms with E-state index in [0.29, 0.717) is 0 Å². The molecule has 1 aliphatic heterocycles. The van der Waals surface area contributed by atoms with E-state index in [2.05, 4.69) is 59.6 Å². The van der Waals surface area contributed by atoms with Gasteiger partial charge in [-0.15, -0.1) is 11.3 Å². The van der Waals surface area contributed by atoms with Gasteiger partial charge in [0.1, 0.15) is 5.82 Å². The van der Waals surface area contributed by atoms with Crippen LogP contribution in [0.5, 0.6) is 0 Å². The zero-order valence-corrected chi connectivity index (χ0v) is 15.1. The number of nitrogens with one attached hydrogen (secondary N) is 1. The van der Waals surface area contributed by atoms with E-state index in [1.807, 2.05) is 11.3 Å². The van der Waals surface area contributed by atoms with E-state index < -0.39 is 0 Å². The molecule has 0 aliphatic carbocycles. The van der Waals surface area contributed by atoms with Crippen molar-refractivity contribution >= 4 is 17.2 Å². The fraction of sp³-hybridized carbons (Fsp3) is 0.350. The molecule has 1 aliphatic rings. The van der Waals surface area contributed by atoms with E-state index in [9.17, 15) is 0 Å². The molecular weight excluding hydrogens is 314 g/mol. The molecule has 0 saturated heterocycles. The van der Waals surface area contributed by atoms with Crippen LogP contribution in [0.3, 0.4) is 0 Å². The summed E-state index contributed by atoms with van der Waals surface area (Å²) in [5.41, 5.74) is 6.41. The van der Waals surface area contributed by atoms with Gasteiger partial charge >= 0.3 is 0 Å². The SMILES string of the molecule is Cc1ccc(-n2nc(Cc3cccs3)c3c2NCCCC3)cc1C. The summed E-state index contributed by atoms with van der Waals surface area (Å²) in [6.07, 6.45) is 4.50. The Balaban J connectivity index is 1.81. The van der Waals surface area contributed by atoms with Gasteiger partial charge in [0.05, 0.1) is 11.4 Å². The van der Waals surface area contributed by atoms with Crippen LogP contribution in [0.4, 0.5) is 5.82 Å². The average molecular weight is 337 g/mol. The molecular formula is C20H23N3S. The van der Waals surface area contributed by atoms with Gasteiger partial charge in [0.25, 0.3) is 0 Å². The fourth-order valence-electron chi connectivity index (χ4n) is 3.34. The molecule has 0 radical (unpaired) electrons. The summed E-state index contributed by atoms with van der Waals surface area (Å²) >= 11 is 1.81. The molecule has 3 nitrogen and oxygen atoms in total. The summed E-state index contributed by atoms with van der Waals surface area (Å²) in [4.78, 5) is 1.38. The minimum Gasteiger partial charge on any atom is -0.370 e. The van der Waals surface area contributed by atoms with Gasteiger partial charge in [-0.3, -0.25) is 0 Å². The highest BCUT2D eigenvalue weighted by atomic mass is 32.1. The van der Waals surface area contributed by atoms with E-state index in [1.54, 1.807) is 0 Å². The second kappa shape index (κ2) is 6.44. The van der Waals surface area contributed by atoms with E-state index in [0.717, 1.165) is 25.1 Å². The lowest BCUT2D eigenvalue weighted by atomic mass is 10.1. The minimum absolute atomic E-state index is 0.930. The van der Waals surface area contributed by atoms with Crippen LogP contribution in [-0.4, -0.2) is 16.3 Å². The number of anilines is 1. The average Bonchev–Trinajstić information content (AvgIpc) is 3.12. The number of benzene rings is 1. The Morgan fingerprint density at radius 3 is 2.88 bits per heavy atom. The second-order valence-electron chi connectivity index (χ2n) is 6.59. The fourth-order valence-corrected chi connectivity index (χ4v) is 4.05. The maximum absolute atomic E-state index is 5.01. The summed E-state index contributed by atoms with van der Waals surface area (Å²) in [5.74, 6) is 1.20. The lowest BCUT2D eigenvalue weighted by molar-refractivity contribution is 0.768. The van der Waals surface area contributed by atoms with Crippen molar-refractivity contribution in [3.05, 3.63) is 63.0 Å². The first kappa shape index (κ1) is 15.5. The molecule has 4 rings (SSSR count). The molecule has 0 saturated carbocycles. The second-order valence-corrected chi connectivity index (χ2v) is 7.63. The van der Waals surface area contributed by atoms with Crippen molar-refractivity contribution in [2.75, 3.05) is 11.9 Å². The summed E-state index contributed by atoms with van der Waals surface area (Å²) in [6, 6.07) is 10.9. The van der Waals surface area contributed by atoms with E-state index in [1.165, 1.54) is 45.9 Å². The third kappa shape index (κ3) is 2.86. The van der Waals surface area contributed by atoms with Crippen LogP contribution in [0, 0.1) is 13.8 Å². The summed E-state index contributed by atoms with van der Waals surface area (Å²) in [7, 11) is 0. The van der Waals surface area contributed by atoms with Crippen LogP contribution in [0.2, 0.25) is 0 Å². The lowest BCUT2D eigenvalue weighted by Gasteiger charge is -2.11. The number of aryl methyl sites for hydroxylation is 2. The Morgan fingerprint density at radius 1 is 1.17 bits per heavy atom. The van der Waals surface area contributed by atoms with Crippen LogP contribution in [0.25, 0.3) is 5.69 Å². The first-order valence-electron chi connectivity index (χ1n) is 8.67. The van der Waals surface area contributed by atoms with Crippen LogP contribution >= 0.6 is 11.3 Å². The molecule has 0 atom stereocenters. The molecule has 3 heterocycles. The third-order valence-electron chi connectivity index (χ3n) is 4.87. The molecule has 3 aromatic rings. The van der Waals surface area contributed by atoms with Crippen LogP contribution in [0.15, 0.2) is 35.7 Å². The third-order valence-corrected chi connectivity index (χ3v) is 5.75. The molecule has 0 spiro atoms. The maximum atomic E-state index is 5.01. The molecule has 4 heteroatoms. The highest BCUT2D eigenvalue weighted by Gasteiger charge is 2.21. The van der Waals surface area contributed by atoms with Crippen molar-refractivity contribution in [1.82, 2.24) is 9.78 Å². The molecule has 1 N–H and O–H groups in total. The predicted octanol–water partition coefficient (Wildman–Crippen LogP) is 4.89. The molecule has 1 aromatic carbocycles. The summed E-state index contributed by atoms with van der Waals surface area (Å²) in [5, 5.41) is 10.8. The number of rotatable bonds is 3. The highest BCUT2D eigenvalue weighted by Crippen LogP contribution is 2.30. The van der Waals surface area contributed by atoms with E-state index in [4.69, 9.17) is 5.10 Å². The van der Waals surface area contributed by atoms with Gasteiger partial charge in [-0.2, -0.15) is 5.10 Å². The Bertz CT molecular complexity index is 846. The highest BCUT2D eigenvalue weighted by molar-refractivity contribution is 7.09. The Morgan fingerprint density at radius 2 is 2.08 bits per heavy atom. The Labute approximate surface area is 147 Å². The zero-order chi connectivity index (χ0) is 16.5. The molecule has 0 unspecified atom stereocenters. The number of aromatic nitrogens is 2. The minimum atomic E-state index is 0.930. The van der Waals surface area contributed by atoms with E-state index in [-0.39, 0.29) is 0 Å². The van der Waals surface area contributed by atoms with Gasteiger partial charge < -0.3 is 5.32 Å². The van der Waals surface area contributed by atoms with Crippen molar-refractivity contribution < 1.29 is 0 Å². The Hall–Kier alpha value is -2.07. The van der Waals surface area contributed by atoms with E-state index >= 15 is 0 Å². The topological polar surface area (TPSA) is 29.9 Å². The molecule has 0 bridgehead atoms. The number of hydrogen-bond donors (Lipinski definition) is 1. The van der Waals surface area contributed by atoms with Crippen molar-refractivity contribution in [1.29, 1.82) is 0 Å². The van der Waals surface area contributed by atoms with Gasteiger partial charge in [0.15, 0.2) is 0 Å². The smallest absolute Gasteiger partial charge is 0.133 e. The van der Waals surface area contributed by atoms with Crippen molar-refractivity contribution in [2.45, 2.75) is 39.5 Å². The zero-order valence-electron chi connectivity index (χ0n) is 14.3. The van der Waals surface area contributed by atoms with Gasteiger partial charge in [-0.1, -0.05) is 12.1 Å². The van der Waals surface area contributed by atoms with Gasteiger partial charge in [-0.25, -0.2) is 4.68 Å². The van der Waals surface area contributed by atoms with Gasteiger partial charge in [0, 0.05) is 23.4 Å². The maximum Gasteiger partial charge on any atom is 0.133 e. The summed E-state index contributed by atoms with van der Waals surface area (Å²) < 4.78 is 2.12. The normalized spacial score (nSPS) is 14.1. The lowest BCUT2D eigenvalue weighted by Crippen LogP contribution is -2.07. The first-order chi connectivity index (χ1) is 11.7. The Kier molecular flexibility index (Phi) is 4.15. The molecule has 124 valence electrons. The van der Waals surface area contributed by atoms with Crippen LogP contribution < -0.4 is 5.32 Å². The number of thiophene rings is 1. The quantitative estimate of drug-likeness (QED) is 0.737. The van der Waals surface area contributed by atoms with Crippen molar-refractivity contribution in [3.8, 4) is 5.69 Å². The molecule has 24 heavy (non-hydrogen) atoms. The number of fused-ring (bicyclic) bond motifs is 1. The van der Waals surface area contributed by atoms with Gasteiger partial charge in [-0.05, 0) is 67.8 Å². The standard InChI is InChI=1S/C20H23N3S/c1-14-8-9-16(12-15(14)2)23-20-18(7-3-4-10-21-20)19(22-23)13-17-6-5-11-24-17/h5-6,8-9,11-12,21H,3-4,7,10,13H2,1-2H3.